The monoisotopic (exact) mass is 501 g/mol. The maximum absolute atomic E-state index is 6.55. The van der Waals surface area contributed by atoms with E-state index in [-0.39, 0.29) is 5.41 Å². The Morgan fingerprint density at radius 3 is 1.85 bits per heavy atom. The number of furan rings is 1. The molecule has 39 heavy (non-hydrogen) atoms. The van der Waals surface area contributed by atoms with Gasteiger partial charge in [0.15, 0.2) is 0 Å². The first kappa shape index (κ1) is 22.2. The number of hydrogen-bond donors (Lipinski definition) is 0. The molecule has 0 aliphatic heterocycles. The molecule has 186 valence electrons. The van der Waals surface area contributed by atoms with Gasteiger partial charge in [-0.2, -0.15) is 0 Å². The van der Waals surface area contributed by atoms with E-state index in [0.717, 1.165) is 28.2 Å². The Balaban J connectivity index is 1.44. The Labute approximate surface area is 227 Å². The number of fused-ring (bicyclic) bond motifs is 10. The third-order valence-electron chi connectivity index (χ3n) is 8.39. The average molecular weight is 502 g/mol. The maximum atomic E-state index is 6.55. The third-order valence-corrected chi connectivity index (χ3v) is 8.39. The van der Waals surface area contributed by atoms with Gasteiger partial charge in [0.1, 0.15) is 11.2 Å². The van der Waals surface area contributed by atoms with Crippen molar-refractivity contribution >= 4 is 49.8 Å². The number of hydrogen-bond acceptors (Lipinski definition) is 2. The zero-order chi connectivity index (χ0) is 26.1. The van der Waals surface area contributed by atoms with Gasteiger partial charge >= 0.3 is 0 Å². The third kappa shape index (κ3) is 3.09. The van der Waals surface area contributed by atoms with Crippen LogP contribution < -0.4 is 4.90 Å². The van der Waals surface area contributed by atoms with Crippen molar-refractivity contribution in [3.8, 4) is 11.1 Å². The Bertz CT molecular complexity index is 1990. The van der Waals surface area contributed by atoms with Crippen LogP contribution in [0.5, 0.6) is 0 Å². The van der Waals surface area contributed by atoms with E-state index in [1.807, 2.05) is 0 Å². The van der Waals surface area contributed by atoms with E-state index in [0.29, 0.717) is 0 Å². The predicted octanol–water partition coefficient (Wildman–Crippen LogP) is 10.5. The van der Waals surface area contributed by atoms with Crippen molar-refractivity contribution in [1.82, 2.24) is 0 Å². The van der Waals surface area contributed by atoms with E-state index in [1.165, 1.54) is 43.8 Å². The van der Waals surface area contributed by atoms with Gasteiger partial charge in [0, 0.05) is 38.6 Å². The van der Waals surface area contributed by atoms with Crippen LogP contribution in [0.3, 0.4) is 0 Å². The molecule has 6 aromatic carbocycles. The maximum Gasteiger partial charge on any atom is 0.143 e. The van der Waals surface area contributed by atoms with Crippen LogP contribution in [-0.2, 0) is 5.41 Å². The van der Waals surface area contributed by atoms with Gasteiger partial charge in [-0.3, -0.25) is 0 Å². The zero-order valence-electron chi connectivity index (χ0n) is 22.0. The minimum atomic E-state index is -0.214. The molecule has 1 aliphatic carbocycles. The standard InChI is InChI=1S/C37H27NO/c1-37(2)31-23-26(38(24-13-5-3-6-14-24)25-15-7-4-8-16-25)21-22-29(31)33-27-17-9-10-18-28(27)36-34(35(33)37)30-19-11-12-20-32(30)39-36/h3-23H,1-2H3. The highest BCUT2D eigenvalue weighted by molar-refractivity contribution is 6.23. The molecule has 1 heterocycles. The summed E-state index contributed by atoms with van der Waals surface area (Å²) in [5.41, 5.74) is 10.5. The molecule has 0 saturated carbocycles. The van der Waals surface area contributed by atoms with Crippen LogP contribution in [0, 0.1) is 0 Å². The van der Waals surface area contributed by atoms with Gasteiger partial charge in [0.05, 0.1) is 0 Å². The number of para-hydroxylation sites is 3. The number of benzene rings is 6. The van der Waals surface area contributed by atoms with Gasteiger partial charge in [-0.15, -0.1) is 0 Å². The summed E-state index contributed by atoms with van der Waals surface area (Å²) in [5.74, 6) is 0. The molecular formula is C37H27NO. The van der Waals surface area contributed by atoms with Crippen molar-refractivity contribution in [2.75, 3.05) is 4.90 Å². The van der Waals surface area contributed by atoms with Crippen LogP contribution in [0.2, 0.25) is 0 Å². The summed E-state index contributed by atoms with van der Waals surface area (Å²) in [5, 5.41) is 4.85. The molecular weight excluding hydrogens is 474 g/mol. The van der Waals surface area contributed by atoms with Crippen LogP contribution in [-0.4, -0.2) is 0 Å². The van der Waals surface area contributed by atoms with Crippen LogP contribution in [0.15, 0.2) is 132 Å². The van der Waals surface area contributed by atoms with Gasteiger partial charge in [-0.25, -0.2) is 0 Å². The molecule has 0 atom stereocenters. The molecule has 1 aliphatic rings. The van der Waals surface area contributed by atoms with E-state index >= 15 is 0 Å². The Kier molecular flexibility index (Phi) is 4.60. The van der Waals surface area contributed by atoms with E-state index < -0.39 is 0 Å². The first-order valence-corrected chi connectivity index (χ1v) is 13.5. The first-order chi connectivity index (χ1) is 19.1. The van der Waals surface area contributed by atoms with Crippen molar-refractivity contribution in [2.45, 2.75) is 19.3 Å². The fraction of sp³-hybridized carbons (Fsp3) is 0.0811. The predicted molar refractivity (Wildman–Crippen MR) is 163 cm³/mol. The summed E-state index contributed by atoms with van der Waals surface area (Å²) in [6.45, 7) is 4.74. The van der Waals surface area contributed by atoms with Crippen molar-refractivity contribution in [3.63, 3.8) is 0 Å². The fourth-order valence-electron chi connectivity index (χ4n) is 6.69. The summed E-state index contributed by atoms with van der Waals surface area (Å²) >= 11 is 0. The van der Waals surface area contributed by atoms with Crippen LogP contribution >= 0.6 is 0 Å². The minimum Gasteiger partial charge on any atom is -0.455 e. The van der Waals surface area contributed by atoms with Gasteiger partial charge < -0.3 is 9.32 Å². The van der Waals surface area contributed by atoms with E-state index in [1.54, 1.807) is 0 Å². The SMILES string of the molecule is CC1(C)c2cc(N(c3ccccc3)c3ccccc3)ccc2-c2c1c1c3ccccc3oc1c1ccccc21. The van der Waals surface area contributed by atoms with Gasteiger partial charge in [-0.1, -0.05) is 98.8 Å². The quantitative estimate of drug-likeness (QED) is 0.239. The molecule has 0 saturated heterocycles. The normalized spacial score (nSPS) is 13.6. The molecule has 1 aromatic heterocycles. The van der Waals surface area contributed by atoms with Crippen LogP contribution in [0.1, 0.15) is 25.0 Å². The molecule has 8 rings (SSSR count). The summed E-state index contributed by atoms with van der Waals surface area (Å²) in [6.07, 6.45) is 0. The lowest BCUT2D eigenvalue weighted by molar-refractivity contribution is 0.659. The van der Waals surface area contributed by atoms with Gasteiger partial charge in [-0.05, 0) is 70.1 Å². The molecule has 0 unspecified atom stereocenters. The lowest BCUT2D eigenvalue weighted by Gasteiger charge is -2.28. The summed E-state index contributed by atoms with van der Waals surface area (Å²) in [4.78, 5) is 2.35. The van der Waals surface area contributed by atoms with E-state index in [9.17, 15) is 0 Å². The number of rotatable bonds is 3. The Morgan fingerprint density at radius 2 is 1.15 bits per heavy atom. The van der Waals surface area contributed by atoms with E-state index in [4.69, 9.17) is 4.42 Å². The molecule has 0 radical (unpaired) electrons. The summed E-state index contributed by atoms with van der Waals surface area (Å²) in [7, 11) is 0. The molecule has 0 bridgehead atoms. The zero-order valence-corrected chi connectivity index (χ0v) is 22.0. The van der Waals surface area contributed by atoms with Crippen LogP contribution in [0.25, 0.3) is 43.8 Å². The van der Waals surface area contributed by atoms with Gasteiger partial charge in [0.2, 0.25) is 0 Å². The van der Waals surface area contributed by atoms with Crippen molar-refractivity contribution in [2.24, 2.45) is 0 Å². The molecule has 7 aromatic rings. The Morgan fingerprint density at radius 1 is 0.564 bits per heavy atom. The largest absolute Gasteiger partial charge is 0.455 e. The number of anilines is 3. The molecule has 0 fully saturated rings. The Hall–Kier alpha value is -4.82. The van der Waals surface area contributed by atoms with Crippen molar-refractivity contribution in [3.05, 3.63) is 139 Å². The average Bonchev–Trinajstić information content (AvgIpc) is 3.47. The molecule has 0 spiro atoms. The second kappa shape index (κ2) is 8.09. The summed E-state index contributed by atoms with van der Waals surface area (Å²) in [6, 6.07) is 45.4. The van der Waals surface area contributed by atoms with Crippen molar-refractivity contribution in [1.29, 1.82) is 0 Å². The molecule has 2 heteroatoms. The second-order valence-electron chi connectivity index (χ2n) is 11.0. The molecule has 2 nitrogen and oxygen atoms in total. The highest BCUT2D eigenvalue weighted by Gasteiger charge is 2.40. The highest BCUT2D eigenvalue weighted by Crippen LogP contribution is 2.57. The smallest absolute Gasteiger partial charge is 0.143 e. The van der Waals surface area contributed by atoms with E-state index in [2.05, 4.69) is 146 Å². The minimum absolute atomic E-state index is 0.214. The highest BCUT2D eigenvalue weighted by atomic mass is 16.3. The molecule has 0 amide bonds. The summed E-state index contributed by atoms with van der Waals surface area (Å²) < 4.78 is 6.55. The lowest BCUT2D eigenvalue weighted by Crippen LogP contribution is -2.17. The van der Waals surface area contributed by atoms with Gasteiger partial charge in [0.25, 0.3) is 0 Å². The topological polar surface area (TPSA) is 16.4 Å². The molecule has 0 N–H and O–H groups in total. The van der Waals surface area contributed by atoms with Crippen molar-refractivity contribution < 1.29 is 4.42 Å². The lowest BCUT2D eigenvalue weighted by atomic mass is 9.79. The first-order valence-electron chi connectivity index (χ1n) is 13.5. The second-order valence-corrected chi connectivity index (χ2v) is 11.0. The fourth-order valence-corrected chi connectivity index (χ4v) is 6.69. The number of nitrogens with zero attached hydrogens (tertiary/aromatic N) is 1. The van der Waals surface area contributed by atoms with Crippen LogP contribution in [0.4, 0.5) is 17.1 Å².